The van der Waals surface area contributed by atoms with Gasteiger partial charge in [0.1, 0.15) is 12.2 Å². The lowest BCUT2D eigenvalue weighted by molar-refractivity contribution is -0.199. The summed E-state index contributed by atoms with van der Waals surface area (Å²) in [5.74, 6) is 0. The molecule has 1 saturated heterocycles. The largest absolute Gasteiger partial charge is 0.394 e. The normalized spacial score (nSPS) is 24.9. The van der Waals surface area contributed by atoms with Crippen molar-refractivity contribution in [3.8, 4) is 0 Å². The van der Waals surface area contributed by atoms with Gasteiger partial charge < -0.3 is 19.3 Å². The average molecular weight is 369 g/mol. The Bertz CT molecular complexity index is 737. The number of hydrogen-bond donors (Lipinski definition) is 1. The maximum atomic E-state index is 9.71. The van der Waals surface area contributed by atoms with Crippen molar-refractivity contribution in [3.63, 3.8) is 0 Å². The minimum atomic E-state index is -0.553. The number of azide groups is 1. The Labute approximate surface area is 158 Å². The van der Waals surface area contributed by atoms with Crippen LogP contribution in [0.1, 0.15) is 11.1 Å². The standard InChI is InChI=1S/C20H23N3O4/c21-23-22-17-14-25-18(11-24)20(27-13-16-9-5-2-6-10-16)19(17)26-12-15-7-3-1-4-8-15/h1-10,17-20,24H,11-14H2/t17?,18?,19?,20-/m1/s1. The first-order valence-electron chi connectivity index (χ1n) is 8.89. The van der Waals surface area contributed by atoms with E-state index in [-0.39, 0.29) is 13.2 Å². The predicted molar refractivity (Wildman–Crippen MR) is 99.8 cm³/mol. The molecule has 1 heterocycles. The first-order valence-corrected chi connectivity index (χ1v) is 8.89. The number of aliphatic hydroxyl groups excluding tert-OH is 1. The lowest BCUT2D eigenvalue weighted by atomic mass is 9.98. The minimum Gasteiger partial charge on any atom is -0.394 e. The topological polar surface area (TPSA) is 96.7 Å². The van der Waals surface area contributed by atoms with Gasteiger partial charge in [-0.05, 0) is 16.7 Å². The molecule has 0 bridgehead atoms. The second kappa shape index (κ2) is 10.1. The number of hydrogen-bond acceptors (Lipinski definition) is 5. The second-order valence-electron chi connectivity index (χ2n) is 6.35. The minimum absolute atomic E-state index is 0.180. The van der Waals surface area contributed by atoms with Crippen LogP contribution < -0.4 is 0 Å². The van der Waals surface area contributed by atoms with E-state index in [1.807, 2.05) is 60.7 Å². The van der Waals surface area contributed by atoms with Crippen molar-refractivity contribution in [2.75, 3.05) is 13.2 Å². The summed E-state index contributed by atoms with van der Waals surface area (Å²) < 4.78 is 17.8. The molecule has 0 saturated carbocycles. The molecule has 2 aromatic rings. The van der Waals surface area contributed by atoms with Crippen LogP contribution >= 0.6 is 0 Å². The number of ether oxygens (including phenoxy) is 3. The smallest absolute Gasteiger partial charge is 0.113 e. The van der Waals surface area contributed by atoms with Crippen LogP contribution in [0.25, 0.3) is 10.4 Å². The van der Waals surface area contributed by atoms with E-state index in [2.05, 4.69) is 10.0 Å². The Morgan fingerprint density at radius 1 is 0.963 bits per heavy atom. The van der Waals surface area contributed by atoms with Crippen molar-refractivity contribution < 1.29 is 19.3 Å². The van der Waals surface area contributed by atoms with Gasteiger partial charge in [0.25, 0.3) is 0 Å². The molecular weight excluding hydrogens is 346 g/mol. The Morgan fingerprint density at radius 2 is 1.52 bits per heavy atom. The molecule has 7 nitrogen and oxygen atoms in total. The molecule has 1 fully saturated rings. The van der Waals surface area contributed by atoms with Gasteiger partial charge in [0, 0.05) is 4.91 Å². The summed E-state index contributed by atoms with van der Waals surface area (Å²) in [7, 11) is 0. The molecule has 1 aliphatic heterocycles. The Balaban J connectivity index is 1.75. The van der Waals surface area contributed by atoms with Crippen molar-refractivity contribution in [2.45, 2.75) is 37.6 Å². The lowest BCUT2D eigenvalue weighted by Gasteiger charge is -2.40. The van der Waals surface area contributed by atoms with E-state index in [1.165, 1.54) is 0 Å². The summed E-state index contributed by atoms with van der Waals surface area (Å²) >= 11 is 0. The van der Waals surface area contributed by atoms with E-state index in [4.69, 9.17) is 19.7 Å². The van der Waals surface area contributed by atoms with Crippen LogP contribution in [-0.2, 0) is 27.4 Å². The van der Waals surface area contributed by atoms with Gasteiger partial charge in [-0.1, -0.05) is 65.8 Å². The van der Waals surface area contributed by atoms with E-state index in [0.717, 1.165) is 11.1 Å². The summed E-state index contributed by atoms with van der Waals surface area (Å²) in [5.41, 5.74) is 10.9. The molecule has 0 radical (unpaired) electrons. The predicted octanol–water partition coefficient (Wildman–Crippen LogP) is 3.23. The zero-order valence-corrected chi connectivity index (χ0v) is 14.9. The van der Waals surface area contributed by atoms with Crippen LogP contribution in [0.2, 0.25) is 0 Å². The van der Waals surface area contributed by atoms with E-state index >= 15 is 0 Å². The Morgan fingerprint density at radius 3 is 2.04 bits per heavy atom. The fourth-order valence-corrected chi connectivity index (χ4v) is 3.11. The highest BCUT2D eigenvalue weighted by molar-refractivity contribution is 5.14. The summed E-state index contributed by atoms with van der Waals surface area (Å²) in [5, 5.41) is 13.5. The third-order valence-corrected chi connectivity index (χ3v) is 4.50. The van der Waals surface area contributed by atoms with Crippen LogP contribution in [-0.4, -0.2) is 42.7 Å². The first-order chi connectivity index (χ1) is 13.3. The van der Waals surface area contributed by atoms with Gasteiger partial charge in [-0.2, -0.15) is 0 Å². The van der Waals surface area contributed by atoms with Gasteiger partial charge in [0.2, 0.25) is 0 Å². The van der Waals surface area contributed by atoms with E-state index < -0.39 is 24.4 Å². The zero-order valence-electron chi connectivity index (χ0n) is 14.9. The van der Waals surface area contributed by atoms with E-state index in [0.29, 0.717) is 13.2 Å². The van der Waals surface area contributed by atoms with Crippen LogP contribution in [0, 0.1) is 0 Å². The summed E-state index contributed by atoms with van der Waals surface area (Å²) in [6, 6.07) is 18.9. The molecule has 27 heavy (non-hydrogen) atoms. The second-order valence-corrected chi connectivity index (χ2v) is 6.35. The molecular formula is C20H23N3O4. The molecule has 0 amide bonds. The summed E-state index contributed by atoms with van der Waals surface area (Å²) in [6.45, 7) is 0.680. The van der Waals surface area contributed by atoms with Crippen LogP contribution in [0.5, 0.6) is 0 Å². The third-order valence-electron chi connectivity index (χ3n) is 4.50. The van der Waals surface area contributed by atoms with Gasteiger partial charge in [0.15, 0.2) is 0 Å². The van der Waals surface area contributed by atoms with Gasteiger partial charge in [-0.25, -0.2) is 0 Å². The molecule has 3 unspecified atom stereocenters. The van der Waals surface area contributed by atoms with Crippen LogP contribution in [0.15, 0.2) is 65.8 Å². The van der Waals surface area contributed by atoms with E-state index in [9.17, 15) is 5.11 Å². The van der Waals surface area contributed by atoms with Crippen LogP contribution in [0.4, 0.5) is 0 Å². The molecule has 1 N–H and O–H groups in total. The van der Waals surface area contributed by atoms with Gasteiger partial charge in [-0.3, -0.25) is 0 Å². The monoisotopic (exact) mass is 369 g/mol. The summed E-state index contributed by atoms with van der Waals surface area (Å²) in [6.07, 6.45) is -1.61. The van der Waals surface area contributed by atoms with Crippen molar-refractivity contribution in [1.82, 2.24) is 0 Å². The highest BCUT2D eigenvalue weighted by atomic mass is 16.6. The van der Waals surface area contributed by atoms with Crippen molar-refractivity contribution in [2.24, 2.45) is 5.11 Å². The van der Waals surface area contributed by atoms with Crippen molar-refractivity contribution in [1.29, 1.82) is 0 Å². The quantitative estimate of drug-likeness (QED) is 0.439. The zero-order chi connectivity index (χ0) is 18.9. The first kappa shape index (κ1) is 19.4. The third kappa shape index (κ3) is 5.29. The SMILES string of the molecule is [N-]=[N+]=NC1COC(CO)[C@@H](OCc2ccccc2)C1OCc1ccccc1. The maximum absolute atomic E-state index is 9.71. The number of aliphatic hydroxyl groups is 1. The van der Waals surface area contributed by atoms with Crippen molar-refractivity contribution in [3.05, 3.63) is 82.2 Å². The molecule has 2 aromatic carbocycles. The van der Waals surface area contributed by atoms with Crippen LogP contribution in [0.3, 0.4) is 0 Å². The molecule has 7 heteroatoms. The highest BCUT2D eigenvalue weighted by Crippen LogP contribution is 2.25. The highest BCUT2D eigenvalue weighted by Gasteiger charge is 2.41. The van der Waals surface area contributed by atoms with Gasteiger partial charge >= 0.3 is 0 Å². The number of nitrogens with zero attached hydrogens (tertiary/aromatic N) is 3. The van der Waals surface area contributed by atoms with Crippen molar-refractivity contribution >= 4 is 0 Å². The fraction of sp³-hybridized carbons (Fsp3) is 0.400. The number of benzene rings is 2. The molecule has 0 aromatic heterocycles. The fourth-order valence-electron chi connectivity index (χ4n) is 3.11. The Hall–Kier alpha value is -2.41. The number of rotatable bonds is 8. The van der Waals surface area contributed by atoms with Gasteiger partial charge in [-0.15, -0.1) is 0 Å². The molecule has 4 atom stereocenters. The van der Waals surface area contributed by atoms with Gasteiger partial charge in [0.05, 0.1) is 38.6 Å². The molecule has 0 spiro atoms. The molecule has 142 valence electrons. The molecule has 3 rings (SSSR count). The lowest BCUT2D eigenvalue weighted by Crippen LogP contribution is -2.55. The average Bonchev–Trinajstić information content (AvgIpc) is 2.73. The van der Waals surface area contributed by atoms with E-state index in [1.54, 1.807) is 0 Å². The maximum Gasteiger partial charge on any atom is 0.113 e. The molecule has 1 aliphatic rings. The summed E-state index contributed by atoms with van der Waals surface area (Å²) in [4.78, 5) is 2.92. The molecule has 0 aliphatic carbocycles. The Kier molecular flexibility index (Phi) is 7.21.